The van der Waals surface area contributed by atoms with Gasteiger partial charge in [-0.3, -0.25) is 4.98 Å². The van der Waals surface area contributed by atoms with Gasteiger partial charge >= 0.3 is 0 Å². The van der Waals surface area contributed by atoms with Crippen LogP contribution >= 0.6 is 11.6 Å². The van der Waals surface area contributed by atoms with Gasteiger partial charge in [0.05, 0.1) is 24.3 Å². The topological polar surface area (TPSA) is 55.1 Å². The third-order valence-electron chi connectivity index (χ3n) is 3.18. The Balaban J connectivity index is 2.05. The van der Waals surface area contributed by atoms with Crippen molar-refractivity contribution in [2.45, 2.75) is 0 Å². The molecule has 0 amide bonds. The zero-order chi connectivity index (χ0) is 15.5. The fraction of sp³-hybridized carbons (Fsp3) is 0.0588. The van der Waals surface area contributed by atoms with E-state index >= 15 is 0 Å². The van der Waals surface area contributed by atoms with Crippen LogP contribution < -0.4 is 9.47 Å². The molecule has 3 rings (SSSR count). The van der Waals surface area contributed by atoms with Gasteiger partial charge in [-0.2, -0.15) is 5.26 Å². The summed E-state index contributed by atoms with van der Waals surface area (Å²) in [5.41, 5.74) is 1.26. The third kappa shape index (κ3) is 2.67. The number of rotatable bonds is 3. The molecule has 0 atom stereocenters. The van der Waals surface area contributed by atoms with Crippen LogP contribution in [-0.4, -0.2) is 12.1 Å². The smallest absolute Gasteiger partial charge is 0.169 e. The zero-order valence-electron chi connectivity index (χ0n) is 11.7. The van der Waals surface area contributed by atoms with Gasteiger partial charge in [-0.25, -0.2) is 0 Å². The molecule has 1 aromatic heterocycles. The monoisotopic (exact) mass is 310 g/mol. The molecule has 0 aliphatic rings. The van der Waals surface area contributed by atoms with E-state index in [9.17, 15) is 0 Å². The van der Waals surface area contributed by atoms with Crippen molar-refractivity contribution >= 4 is 22.5 Å². The van der Waals surface area contributed by atoms with Crippen molar-refractivity contribution in [3.05, 3.63) is 59.2 Å². The molecule has 0 bridgehead atoms. The highest BCUT2D eigenvalue weighted by Crippen LogP contribution is 2.35. The van der Waals surface area contributed by atoms with Crippen LogP contribution in [0.3, 0.4) is 0 Å². The summed E-state index contributed by atoms with van der Waals surface area (Å²) in [6.45, 7) is 0. The van der Waals surface area contributed by atoms with E-state index in [4.69, 9.17) is 26.3 Å². The maximum Gasteiger partial charge on any atom is 0.169 e. The number of ether oxygens (including phenoxy) is 2. The molecule has 0 aliphatic carbocycles. The average molecular weight is 311 g/mol. The Kier molecular flexibility index (Phi) is 3.82. The highest BCUT2D eigenvalue weighted by molar-refractivity contribution is 6.31. The molecule has 3 aromatic rings. The molecule has 0 saturated heterocycles. The predicted molar refractivity (Wildman–Crippen MR) is 84.5 cm³/mol. The van der Waals surface area contributed by atoms with E-state index in [-0.39, 0.29) is 0 Å². The average Bonchev–Trinajstić information content (AvgIpc) is 2.55. The molecule has 5 heteroatoms. The second-order valence-corrected chi connectivity index (χ2v) is 4.99. The van der Waals surface area contributed by atoms with Gasteiger partial charge in [0.2, 0.25) is 0 Å². The first-order valence-electron chi connectivity index (χ1n) is 6.51. The fourth-order valence-electron chi connectivity index (χ4n) is 2.12. The van der Waals surface area contributed by atoms with Gasteiger partial charge in [0.25, 0.3) is 0 Å². The predicted octanol–water partition coefficient (Wildman–Crippen LogP) is 4.56. The Morgan fingerprint density at radius 3 is 2.68 bits per heavy atom. The summed E-state index contributed by atoms with van der Waals surface area (Å²) in [4.78, 5) is 4.28. The summed E-state index contributed by atoms with van der Waals surface area (Å²) in [5, 5.41) is 10.4. The molecule has 108 valence electrons. The van der Waals surface area contributed by atoms with Gasteiger partial charge in [-0.05, 0) is 36.4 Å². The van der Waals surface area contributed by atoms with E-state index in [1.807, 2.05) is 6.07 Å². The van der Waals surface area contributed by atoms with E-state index in [1.165, 1.54) is 7.11 Å². The number of halogens is 1. The van der Waals surface area contributed by atoms with Crippen molar-refractivity contribution in [1.82, 2.24) is 4.98 Å². The van der Waals surface area contributed by atoms with Crippen LogP contribution in [-0.2, 0) is 0 Å². The molecule has 0 spiro atoms. The largest absolute Gasteiger partial charge is 0.493 e. The van der Waals surface area contributed by atoms with Crippen LogP contribution in [0.5, 0.6) is 17.2 Å². The minimum Gasteiger partial charge on any atom is -0.493 e. The SMILES string of the molecule is COc1cc(C#N)ccc1Oc1ccnc2cc(Cl)ccc12. The number of hydrogen-bond donors (Lipinski definition) is 0. The number of benzene rings is 2. The van der Waals surface area contributed by atoms with Gasteiger partial charge in [-0.1, -0.05) is 11.6 Å². The summed E-state index contributed by atoms with van der Waals surface area (Å²) in [5.74, 6) is 1.67. The van der Waals surface area contributed by atoms with E-state index in [0.29, 0.717) is 27.8 Å². The maximum absolute atomic E-state index is 8.94. The first kappa shape index (κ1) is 14.2. The highest BCUT2D eigenvalue weighted by Gasteiger charge is 2.10. The van der Waals surface area contributed by atoms with E-state index in [0.717, 1.165) is 10.9 Å². The summed E-state index contributed by atoms with van der Waals surface area (Å²) in [6, 6.07) is 14.3. The Labute approximate surface area is 132 Å². The van der Waals surface area contributed by atoms with Gasteiger partial charge in [0.15, 0.2) is 11.5 Å². The van der Waals surface area contributed by atoms with E-state index in [2.05, 4.69) is 11.1 Å². The summed E-state index contributed by atoms with van der Waals surface area (Å²) in [7, 11) is 1.54. The van der Waals surface area contributed by atoms with Crippen molar-refractivity contribution in [3.8, 4) is 23.3 Å². The molecule has 0 fully saturated rings. The van der Waals surface area contributed by atoms with Crippen molar-refractivity contribution in [2.24, 2.45) is 0 Å². The maximum atomic E-state index is 8.94. The quantitative estimate of drug-likeness (QED) is 0.711. The van der Waals surface area contributed by atoms with Crippen molar-refractivity contribution in [2.75, 3.05) is 7.11 Å². The van der Waals surface area contributed by atoms with Crippen molar-refractivity contribution in [3.63, 3.8) is 0 Å². The number of hydrogen-bond acceptors (Lipinski definition) is 4. The first-order valence-corrected chi connectivity index (χ1v) is 6.89. The lowest BCUT2D eigenvalue weighted by Gasteiger charge is -2.12. The Morgan fingerprint density at radius 1 is 1.05 bits per heavy atom. The molecular weight excluding hydrogens is 300 g/mol. The lowest BCUT2D eigenvalue weighted by molar-refractivity contribution is 0.380. The Morgan fingerprint density at radius 2 is 1.91 bits per heavy atom. The van der Waals surface area contributed by atoms with Gasteiger partial charge in [-0.15, -0.1) is 0 Å². The molecule has 0 aliphatic heterocycles. The summed E-state index contributed by atoms with van der Waals surface area (Å²) < 4.78 is 11.2. The molecule has 0 radical (unpaired) electrons. The minimum atomic E-state index is 0.498. The molecule has 0 saturated carbocycles. The molecule has 4 nitrogen and oxygen atoms in total. The first-order chi connectivity index (χ1) is 10.7. The van der Waals surface area contributed by atoms with Gasteiger partial charge in [0.1, 0.15) is 5.75 Å². The Bertz CT molecular complexity index is 887. The zero-order valence-corrected chi connectivity index (χ0v) is 12.5. The second-order valence-electron chi connectivity index (χ2n) is 4.55. The molecule has 0 unspecified atom stereocenters. The molecule has 22 heavy (non-hydrogen) atoms. The van der Waals surface area contributed by atoms with E-state index < -0.39 is 0 Å². The summed E-state index contributed by atoms with van der Waals surface area (Å²) >= 11 is 5.98. The molecule has 2 aromatic carbocycles. The molecular formula is C17H11ClN2O2. The standard InChI is InChI=1S/C17H11ClN2O2/c1-21-17-8-11(10-19)2-5-16(17)22-15-6-7-20-14-9-12(18)3-4-13(14)15/h2-9H,1H3. The number of nitriles is 1. The van der Waals surface area contributed by atoms with Crippen molar-refractivity contribution in [1.29, 1.82) is 5.26 Å². The van der Waals surface area contributed by atoms with Crippen LogP contribution in [0.25, 0.3) is 10.9 Å². The number of fused-ring (bicyclic) bond motifs is 1. The Hall–Kier alpha value is -2.77. The number of aromatic nitrogens is 1. The van der Waals surface area contributed by atoms with Crippen LogP contribution in [0.1, 0.15) is 5.56 Å². The van der Waals surface area contributed by atoms with Crippen LogP contribution in [0.2, 0.25) is 5.02 Å². The number of methoxy groups -OCH3 is 1. The van der Waals surface area contributed by atoms with Crippen LogP contribution in [0.15, 0.2) is 48.7 Å². The third-order valence-corrected chi connectivity index (χ3v) is 3.41. The fourth-order valence-corrected chi connectivity index (χ4v) is 2.29. The van der Waals surface area contributed by atoms with Crippen LogP contribution in [0, 0.1) is 11.3 Å². The minimum absolute atomic E-state index is 0.498. The highest BCUT2D eigenvalue weighted by atomic mass is 35.5. The number of nitrogens with zero attached hydrogens (tertiary/aromatic N) is 2. The molecule has 1 heterocycles. The second kappa shape index (κ2) is 5.92. The lowest BCUT2D eigenvalue weighted by Crippen LogP contribution is -1.92. The van der Waals surface area contributed by atoms with Crippen LogP contribution in [0.4, 0.5) is 0 Å². The number of pyridine rings is 1. The molecule has 0 N–H and O–H groups in total. The van der Waals surface area contributed by atoms with Gasteiger partial charge in [0, 0.05) is 22.7 Å². The lowest BCUT2D eigenvalue weighted by atomic mass is 10.2. The van der Waals surface area contributed by atoms with E-state index in [1.54, 1.807) is 42.6 Å². The normalized spacial score (nSPS) is 10.2. The van der Waals surface area contributed by atoms with Crippen molar-refractivity contribution < 1.29 is 9.47 Å². The van der Waals surface area contributed by atoms with Gasteiger partial charge < -0.3 is 9.47 Å². The summed E-state index contributed by atoms with van der Waals surface area (Å²) in [6.07, 6.45) is 1.66.